The van der Waals surface area contributed by atoms with Crippen LogP contribution >= 0.6 is 24.0 Å². The maximum absolute atomic E-state index is 12.6. The number of amides is 3. The molecule has 1 heterocycles. The standard InChI is InChI=1S/C16H20F3N5O2.HI/c1-20-14(21-7-8-24-13(25)9-22-15(24)26)23(2)10-11-3-5-12(6-4-11)16(17,18)19;/h3-6H,7-10H2,1-2H3,(H,20,21)(H,22,26);1H. The molecule has 2 rings (SSSR count). The highest BCUT2D eigenvalue weighted by Crippen LogP contribution is 2.29. The van der Waals surface area contributed by atoms with Crippen LogP contribution in [0.15, 0.2) is 29.3 Å². The Morgan fingerprint density at radius 3 is 2.41 bits per heavy atom. The third-order valence-electron chi connectivity index (χ3n) is 3.83. The van der Waals surface area contributed by atoms with Gasteiger partial charge in [0, 0.05) is 33.7 Å². The van der Waals surface area contributed by atoms with Gasteiger partial charge in [-0.1, -0.05) is 12.1 Å². The van der Waals surface area contributed by atoms with Gasteiger partial charge in [-0.05, 0) is 17.7 Å². The van der Waals surface area contributed by atoms with Crippen LogP contribution in [0.1, 0.15) is 11.1 Å². The number of carbonyl (C=O) groups excluding carboxylic acids is 2. The van der Waals surface area contributed by atoms with Gasteiger partial charge in [0.1, 0.15) is 0 Å². The number of benzene rings is 1. The molecule has 0 saturated carbocycles. The van der Waals surface area contributed by atoms with Crippen molar-refractivity contribution < 1.29 is 22.8 Å². The minimum atomic E-state index is -4.36. The van der Waals surface area contributed by atoms with Gasteiger partial charge in [0.15, 0.2) is 5.96 Å². The first-order chi connectivity index (χ1) is 12.2. The Morgan fingerprint density at radius 2 is 1.93 bits per heavy atom. The van der Waals surface area contributed by atoms with Crippen LogP contribution in [0.3, 0.4) is 0 Å². The lowest BCUT2D eigenvalue weighted by molar-refractivity contribution is -0.137. The second-order valence-electron chi connectivity index (χ2n) is 5.73. The number of nitrogens with zero attached hydrogens (tertiary/aromatic N) is 3. The summed E-state index contributed by atoms with van der Waals surface area (Å²) in [6.45, 7) is 0.851. The SMILES string of the molecule is CN=C(NCCN1C(=O)CNC1=O)N(C)Cc1ccc(C(F)(F)F)cc1.I. The predicted molar refractivity (Wildman–Crippen MR) is 105 cm³/mol. The number of halogens is 4. The van der Waals surface area contributed by atoms with Crippen LogP contribution in [0.25, 0.3) is 0 Å². The first kappa shape index (κ1) is 23.0. The highest BCUT2D eigenvalue weighted by Gasteiger charge is 2.30. The van der Waals surface area contributed by atoms with Crippen molar-refractivity contribution >= 4 is 41.9 Å². The van der Waals surface area contributed by atoms with Gasteiger partial charge in [-0.2, -0.15) is 13.2 Å². The average Bonchev–Trinajstić information content (AvgIpc) is 2.90. The summed E-state index contributed by atoms with van der Waals surface area (Å²) in [5.41, 5.74) is -0.00230. The number of aliphatic imine (C=N–C) groups is 1. The molecule has 1 saturated heterocycles. The van der Waals surface area contributed by atoms with Crippen LogP contribution < -0.4 is 10.6 Å². The molecule has 0 bridgehead atoms. The second kappa shape index (κ2) is 9.76. The molecular weight excluding hydrogens is 478 g/mol. The lowest BCUT2D eigenvalue weighted by atomic mass is 10.1. The lowest BCUT2D eigenvalue weighted by Crippen LogP contribution is -2.43. The molecule has 0 aromatic heterocycles. The fraction of sp³-hybridized carbons (Fsp3) is 0.438. The third kappa shape index (κ3) is 6.26. The molecule has 1 aliphatic rings. The molecule has 1 fully saturated rings. The summed E-state index contributed by atoms with van der Waals surface area (Å²) in [5, 5.41) is 5.45. The lowest BCUT2D eigenvalue weighted by Gasteiger charge is -2.23. The molecule has 0 radical (unpaired) electrons. The van der Waals surface area contributed by atoms with Crippen molar-refractivity contribution in [3.05, 3.63) is 35.4 Å². The average molecular weight is 499 g/mol. The molecule has 0 spiro atoms. The summed E-state index contributed by atoms with van der Waals surface area (Å²) in [4.78, 5) is 29.9. The first-order valence-electron chi connectivity index (χ1n) is 7.88. The van der Waals surface area contributed by atoms with E-state index in [1.54, 1.807) is 19.0 Å². The number of hydrogen-bond donors (Lipinski definition) is 2. The maximum atomic E-state index is 12.6. The minimum absolute atomic E-state index is 0. The maximum Gasteiger partial charge on any atom is 0.416 e. The predicted octanol–water partition coefficient (Wildman–Crippen LogP) is 1.88. The topological polar surface area (TPSA) is 77.0 Å². The molecular formula is C16H21F3IN5O2. The first-order valence-corrected chi connectivity index (χ1v) is 7.88. The zero-order valence-corrected chi connectivity index (χ0v) is 17.2. The van der Waals surface area contributed by atoms with Crippen molar-refractivity contribution in [2.24, 2.45) is 4.99 Å². The number of nitrogens with one attached hydrogen (secondary N) is 2. The monoisotopic (exact) mass is 499 g/mol. The number of rotatable bonds is 5. The van der Waals surface area contributed by atoms with E-state index in [-0.39, 0.29) is 43.0 Å². The van der Waals surface area contributed by atoms with Crippen LogP contribution in [0, 0.1) is 0 Å². The van der Waals surface area contributed by atoms with Crippen LogP contribution in [0.2, 0.25) is 0 Å². The van der Waals surface area contributed by atoms with Gasteiger partial charge in [-0.25, -0.2) is 4.79 Å². The van der Waals surface area contributed by atoms with Gasteiger partial charge in [-0.15, -0.1) is 24.0 Å². The fourth-order valence-electron chi connectivity index (χ4n) is 2.49. The largest absolute Gasteiger partial charge is 0.416 e. The van der Waals surface area contributed by atoms with E-state index in [1.165, 1.54) is 12.1 Å². The zero-order valence-electron chi connectivity index (χ0n) is 14.8. The Kier molecular flexibility index (Phi) is 8.31. The van der Waals surface area contributed by atoms with E-state index in [9.17, 15) is 22.8 Å². The normalized spacial score (nSPS) is 14.7. The summed E-state index contributed by atoms with van der Waals surface area (Å²) in [5.74, 6) is 0.210. The molecule has 7 nitrogen and oxygen atoms in total. The fourth-order valence-corrected chi connectivity index (χ4v) is 2.49. The Morgan fingerprint density at radius 1 is 1.30 bits per heavy atom. The van der Waals surface area contributed by atoms with E-state index in [2.05, 4.69) is 15.6 Å². The molecule has 27 heavy (non-hydrogen) atoms. The van der Waals surface area contributed by atoms with E-state index >= 15 is 0 Å². The van der Waals surface area contributed by atoms with Crippen molar-refractivity contribution in [1.82, 2.24) is 20.4 Å². The van der Waals surface area contributed by atoms with Crippen molar-refractivity contribution in [3.8, 4) is 0 Å². The molecule has 0 unspecified atom stereocenters. The summed E-state index contributed by atoms with van der Waals surface area (Å²) < 4.78 is 37.8. The molecule has 1 aromatic rings. The number of alkyl halides is 3. The van der Waals surface area contributed by atoms with Crippen molar-refractivity contribution in [2.75, 3.05) is 33.7 Å². The number of imide groups is 1. The number of hydrogen-bond acceptors (Lipinski definition) is 3. The van der Waals surface area contributed by atoms with Crippen molar-refractivity contribution in [1.29, 1.82) is 0 Å². The van der Waals surface area contributed by atoms with E-state index in [1.807, 2.05) is 0 Å². The highest BCUT2D eigenvalue weighted by molar-refractivity contribution is 14.0. The van der Waals surface area contributed by atoms with Crippen molar-refractivity contribution in [3.63, 3.8) is 0 Å². The second-order valence-corrected chi connectivity index (χ2v) is 5.73. The number of guanidine groups is 1. The Labute approximate surface area is 172 Å². The Balaban J connectivity index is 0.00000364. The minimum Gasteiger partial charge on any atom is -0.354 e. The van der Waals surface area contributed by atoms with Crippen molar-refractivity contribution in [2.45, 2.75) is 12.7 Å². The molecule has 0 atom stereocenters. The van der Waals surface area contributed by atoms with Gasteiger partial charge >= 0.3 is 12.2 Å². The highest BCUT2D eigenvalue weighted by atomic mass is 127. The molecule has 0 aliphatic carbocycles. The molecule has 3 amide bonds. The van der Waals surface area contributed by atoms with Gasteiger partial charge < -0.3 is 15.5 Å². The molecule has 2 N–H and O–H groups in total. The van der Waals surface area contributed by atoms with Gasteiger partial charge in [0.05, 0.1) is 12.1 Å². The van der Waals surface area contributed by atoms with E-state index in [4.69, 9.17) is 0 Å². The Hall–Kier alpha value is -2.05. The van der Waals surface area contributed by atoms with Crippen LogP contribution in [-0.2, 0) is 17.5 Å². The van der Waals surface area contributed by atoms with E-state index in [0.717, 1.165) is 17.0 Å². The van der Waals surface area contributed by atoms with Gasteiger partial charge in [0.25, 0.3) is 0 Å². The van der Waals surface area contributed by atoms with Gasteiger partial charge in [-0.3, -0.25) is 14.7 Å². The molecule has 150 valence electrons. The van der Waals surface area contributed by atoms with Gasteiger partial charge in [0.2, 0.25) is 5.91 Å². The number of carbonyl (C=O) groups is 2. The smallest absolute Gasteiger partial charge is 0.354 e. The zero-order chi connectivity index (χ0) is 19.3. The van der Waals surface area contributed by atoms with Crippen LogP contribution in [-0.4, -0.2) is 61.4 Å². The molecule has 1 aliphatic heterocycles. The summed E-state index contributed by atoms with van der Waals surface area (Å²) in [6, 6.07) is 4.48. The molecule has 11 heteroatoms. The summed E-state index contributed by atoms with van der Waals surface area (Å²) in [7, 11) is 3.31. The number of urea groups is 1. The summed E-state index contributed by atoms with van der Waals surface area (Å²) >= 11 is 0. The third-order valence-corrected chi connectivity index (χ3v) is 3.83. The summed E-state index contributed by atoms with van der Waals surface area (Å²) in [6.07, 6.45) is -4.36. The van der Waals surface area contributed by atoms with Crippen LogP contribution in [0.5, 0.6) is 0 Å². The van der Waals surface area contributed by atoms with E-state index in [0.29, 0.717) is 24.6 Å². The molecule has 1 aromatic carbocycles. The Bertz CT molecular complexity index is 678. The quantitative estimate of drug-likeness (QED) is 0.281. The van der Waals surface area contributed by atoms with E-state index < -0.39 is 17.8 Å². The van der Waals surface area contributed by atoms with Crippen LogP contribution in [0.4, 0.5) is 18.0 Å².